The molecular weight excluding hydrogens is 236 g/mol. The summed E-state index contributed by atoms with van der Waals surface area (Å²) >= 11 is 0. The lowest BCUT2D eigenvalue weighted by atomic mass is 10.2. The number of aromatic nitrogens is 1. The molecule has 0 unspecified atom stereocenters. The minimum absolute atomic E-state index is 0.173. The van der Waals surface area contributed by atoms with E-state index in [4.69, 9.17) is 0 Å². The summed E-state index contributed by atoms with van der Waals surface area (Å²) in [5, 5.41) is 1.07. The molecule has 5 heteroatoms. The Hall–Kier alpha value is -1.49. The molecule has 1 aromatic heterocycles. The molecule has 92 valence electrons. The normalized spacial score (nSPS) is 11.8. The number of aromatic amines is 1. The molecule has 1 heterocycles. The molecule has 1 aromatic carbocycles. The molecule has 17 heavy (non-hydrogen) atoms. The molecular formula is C12H16N2O2S. The first-order valence-electron chi connectivity index (χ1n) is 5.68. The molecule has 2 aromatic rings. The van der Waals surface area contributed by atoms with Crippen LogP contribution in [0.3, 0.4) is 0 Å². The first kappa shape index (κ1) is 12.0. The molecule has 0 bridgehead atoms. The van der Waals surface area contributed by atoms with Crippen molar-refractivity contribution >= 4 is 26.6 Å². The van der Waals surface area contributed by atoms with Gasteiger partial charge in [-0.2, -0.15) is 0 Å². The Kier molecular flexibility index (Phi) is 3.38. The van der Waals surface area contributed by atoms with Crippen LogP contribution in [-0.2, 0) is 10.0 Å². The lowest BCUT2D eigenvalue weighted by molar-refractivity contribution is 0.598. The van der Waals surface area contributed by atoms with Crippen LogP contribution >= 0.6 is 0 Å². The van der Waals surface area contributed by atoms with Crippen LogP contribution in [0.4, 0.5) is 5.69 Å². The van der Waals surface area contributed by atoms with Crippen LogP contribution in [0, 0.1) is 0 Å². The SMILES string of the molecule is CCCCS(=O)(=O)Nc1ccc2cc[nH]c2c1. The number of H-pyrrole nitrogens is 1. The lowest BCUT2D eigenvalue weighted by Crippen LogP contribution is -2.16. The average molecular weight is 252 g/mol. The van der Waals surface area contributed by atoms with Gasteiger partial charge in [0, 0.05) is 11.7 Å². The quantitative estimate of drug-likeness (QED) is 0.859. The molecule has 0 saturated heterocycles. The maximum Gasteiger partial charge on any atom is 0.232 e. The molecule has 2 N–H and O–H groups in total. The summed E-state index contributed by atoms with van der Waals surface area (Å²) in [6.45, 7) is 1.97. The van der Waals surface area contributed by atoms with Crippen LogP contribution in [0.2, 0.25) is 0 Å². The number of hydrogen-bond donors (Lipinski definition) is 2. The number of hydrogen-bond acceptors (Lipinski definition) is 2. The third kappa shape index (κ3) is 3.00. The molecule has 0 spiro atoms. The molecule has 0 atom stereocenters. The molecule has 0 fully saturated rings. The van der Waals surface area contributed by atoms with Crippen molar-refractivity contribution in [1.29, 1.82) is 0 Å². The van der Waals surface area contributed by atoms with Gasteiger partial charge >= 0.3 is 0 Å². The Balaban J connectivity index is 2.17. The van der Waals surface area contributed by atoms with Crippen LogP contribution < -0.4 is 4.72 Å². The highest BCUT2D eigenvalue weighted by Gasteiger charge is 2.09. The molecule has 0 aliphatic carbocycles. The van der Waals surface area contributed by atoms with Gasteiger partial charge in [0.05, 0.1) is 11.4 Å². The zero-order chi connectivity index (χ0) is 12.3. The summed E-state index contributed by atoms with van der Waals surface area (Å²) < 4.78 is 26.0. The number of rotatable bonds is 5. The van der Waals surface area contributed by atoms with Crippen LogP contribution in [0.25, 0.3) is 10.9 Å². The van der Waals surface area contributed by atoms with Crippen molar-refractivity contribution < 1.29 is 8.42 Å². The van der Waals surface area contributed by atoms with Crippen molar-refractivity contribution in [2.75, 3.05) is 10.5 Å². The third-order valence-electron chi connectivity index (χ3n) is 2.59. The first-order chi connectivity index (χ1) is 8.11. The molecule has 0 amide bonds. The van der Waals surface area contributed by atoms with Gasteiger partial charge in [-0.15, -0.1) is 0 Å². The van der Waals surface area contributed by atoms with E-state index in [0.717, 1.165) is 17.3 Å². The topological polar surface area (TPSA) is 62.0 Å². The summed E-state index contributed by atoms with van der Waals surface area (Å²) in [7, 11) is -3.21. The Morgan fingerprint density at radius 2 is 2.12 bits per heavy atom. The maximum atomic E-state index is 11.7. The second kappa shape index (κ2) is 4.79. The Morgan fingerprint density at radius 3 is 2.88 bits per heavy atom. The van der Waals surface area contributed by atoms with Crippen molar-refractivity contribution in [3.63, 3.8) is 0 Å². The van der Waals surface area contributed by atoms with Gasteiger partial charge in [0.25, 0.3) is 0 Å². The minimum Gasteiger partial charge on any atom is -0.361 e. The molecule has 0 aliphatic rings. The second-order valence-electron chi connectivity index (χ2n) is 4.05. The number of anilines is 1. The Labute approximate surface area is 101 Å². The van der Waals surface area contributed by atoms with Crippen molar-refractivity contribution in [3.05, 3.63) is 30.5 Å². The van der Waals surface area contributed by atoms with Crippen molar-refractivity contribution in [2.24, 2.45) is 0 Å². The van der Waals surface area contributed by atoms with E-state index in [2.05, 4.69) is 9.71 Å². The molecule has 0 saturated carbocycles. The summed E-state index contributed by atoms with van der Waals surface area (Å²) in [5.74, 6) is 0.173. The fourth-order valence-electron chi connectivity index (χ4n) is 1.68. The maximum absolute atomic E-state index is 11.7. The zero-order valence-electron chi connectivity index (χ0n) is 9.73. The van der Waals surface area contributed by atoms with E-state index >= 15 is 0 Å². The third-order valence-corrected chi connectivity index (χ3v) is 3.97. The number of benzene rings is 1. The lowest BCUT2D eigenvalue weighted by Gasteiger charge is -2.07. The molecule has 0 aliphatic heterocycles. The number of fused-ring (bicyclic) bond motifs is 1. The van der Waals surface area contributed by atoms with Crippen LogP contribution in [0.15, 0.2) is 30.5 Å². The van der Waals surface area contributed by atoms with Crippen LogP contribution in [-0.4, -0.2) is 19.2 Å². The predicted octanol–water partition coefficient (Wildman–Crippen LogP) is 2.71. The van der Waals surface area contributed by atoms with Gasteiger partial charge in [0.15, 0.2) is 0 Å². The van der Waals surface area contributed by atoms with Gasteiger partial charge in [0.1, 0.15) is 0 Å². The van der Waals surface area contributed by atoms with E-state index in [1.165, 1.54) is 0 Å². The monoisotopic (exact) mass is 252 g/mol. The van der Waals surface area contributed by atoms with E-state index in [0.29, 0.717) is 12.1 Å². The van der Waals surface area contributed by atoms with E-state index in [-0.39, 0.29) is 5.75 Å². The zero-order valence-corrected chi connectivity index (χ0v) is 10.5. The number of nitrogens with one attached hydrogen (secondary N) is 2. The van der Waals surface area contributed by atoms with Crippen LogP contribution in [0.5, 0.6) is 0 Å². The summed E-state index contributed by atoms with van der Waals surface area (Å²) in [5.41, 5.74) is 1.54. The fourth-order valence-corrected chi connectivity index (χ4v) is 2.93. The van der Waals surface area contributed by atoms with Crippen molar-refractivity contribution in [2.45, 2.75) is 19.8 Å². The summed E-state index contributed by atoms with van der Waals surface area (Å²) in [4.78, 5) is 3.05. The highest BCUT2D eigenvalue weighted by Crippen LogP contribution is 2.18. The van der Waals surface area contributed by atoms with Gasteiger partial charge in [-0.05, 0) is 30.0 Å². The average Bonchev–Trinajstić information content (AvgIpc) is 2.73. The number of unbranched alkanes of at least 4 members (excludes halogenated alkanes) is 1. The van der Waals surface area contributed by atoms with Gasteiger partial charge in [-0.3, -0.25) is 4.72 Å². The largest absolute Gasteiger partial charge is 0.361 e. The van der Waals surface area contributed by atoms with E-state index in [1.807, 2.05) is 25.3 Å². The smallest absolute Gasteiger partial charge is 0.232 e. The highest BCUT2D eigenvalue weighted by molar-refractivity contribution is 7.92. The highest BCUT2D eigenvalue weighted by atomic mass is 32.2. The molecule has 4 nitrogen and oxygen atoms in total. The predicted molar refractivity (Wildman–Crippen MR) is 70.6 cm³/mol. The van der Waals surface area contributed by atoms with Gasteiger partial charge in [-0.25, -0.2) is 8.42 Å². The standard InChI is InChI=1S/C12H16N2O2S/c1-2-3-8-17(15,16)14-11-5-4-10-6-7-13-12(10)9-11/h4-7,9,13-14H,2-3,8H2,1H3. The minimum atomic E-state index is -3.21. The summed E-state index contributed by atoms with van der Waals surface area (Å²) in [6, 6.07) is 7.42. The van der Waals surface area contributed by atoms with E-state index < -0.39 is 10.0 Å². The van der Waals surface area contributed by atoms with Gasteiger partial charge in [-0.1, -0.05) is 19.4 Å². The van der Waals surface area contributed by atoms with E-state index in [1.54, 1.807) is 12.1 Å². The van der Waals surface area contributed by atoms with Crippen molar-refractivity contribution in [1.82, 2.24) is 4.98 Å². The van der Waals surface area contributed by atoms with Crippen LogP contribution in [0.1, 0.15) is 19.8 Å². The number of sulfonamides is 1. The Bertz CT molecular complexity index is 602. The second-order valence-corrected chi connectivity index (χ2v) is 5.90. The Morgan fingerprint density at radius 1 is 1.29 bits per heavy atom. The van der Waals surface area contributed by atoms with Crippen molar-refractivity contribution in [3.8, 4) is 0 Å². The molecule has 2 rings (SSSR count). The van der Waals surface area contributed by atoms with Gasteiger partial charge in [0.2, 0.25) is 10.0 Å². The summed E-state index contributed by atoms with van der Waals surface area (Å²) in [6.07, 6.45) is 3.39. The molecule has 0 radical (unpaired) electrons. The van der Waals surface area contributed by atoms with Gasteiger partial charge < -0.3 is 4.98 Å². The van der Waals surface area contributed by atoms with E-state index in [9.17, 15) is 8.42 Å². The first-order valence-corrected chi connectivity index (χ1v) is 7.33. The fraction of sp³-hybridized carbons (Fsp3) is 0.333.